The molecular weight excluding hydrogens is 379 g/mol. The van der Waals surface area contributed by atoms with Gasteiger partial charge in [-0.3, -0.25) is 0 Å². The molecule has 0 amide bonds. The summed E-state index contributed by atoms with van der Waals surface area (Å²) in [5.41, 5.74) is 1.44. The lowest BCUT2D eigenvalue weighted by Gasteiger charge is -2.18. The van der Waals surface area contributed by atoms with Crippen molar-refractivity contribution in [3.63, 3.8) is 0 Å². The third kappa shape index (κ3) is 8.89. The van der Waals surface area contributed by atoms with Crippen LogP contribution in [-0.4, -0.2) is 21.5 Å². The smallest absolute Gasteiger partial charge is 0.228 e. The molecule has 1 unspecified atom stereocenters. The molecule has 1 atom stereocenters. The highest BCUT2D eigenvalue weighted by Gasteiger charge is 2.11. The van der Waals surface area contributed by atoms with E-state index in [0.717, 1.165) is 19.4 Å². The first kappa shape index (κ1) is 21.9. The molecule has 1 heterocycles. The van der Waals surface area contributed by atoms with E-state index in [1.807, 2.05) is 0 Å². The molecular formula is C21H30Cl2N4. The number of unbranched alkanes of at least 4 members (excludes halogenated alkanes) is 5. The fraction of sp³-hybridized carbons (Fsp3) is 0.571. The quantitative estimate of drug-likeness (QED) is 0.365. The van der Waals surface area contributed by atoms with Gasteiger partial charge in [0.05, 0.1) is 0 Å². The van der Waals surface area contributed by atoms with Crippen molar-refractivity contribution in [2.24, 2.45) is 0 Å². The van der Waals surface area contributed by atoms with Gasteiger partial charge in [0.1, 0.15) is 0 Å². The van der Waals surface area contributed by atoms with Crippen molar-refractivity contribution in [3.8, 4) is 0 Å². The highest BCUT2D eigenvalue weighted by atomic mass is 35.5. The van der Waals surface area contributed by atoms with E-state index in [2.05, 4.69) is 57.5 Å². The zero-order valence-electron chi connectivity index (χ0n) is 16.1. The summed E-state index contributed by atoms with van der Waals surface area (Å²) >= 11 is 11.6. The minimum atomic E-state index is 0.114. The molecule has 2 rings (SSSR count). The molecule has 0 saturated heterocycles. The molecule has 2 aromatic rings. The molecule has 0 aliphatic rings. The summed E-state index contributed by atoms with van der Waals surface area (Å²) < 4.78 is 0. The van der Waals surface area contributed by atoms with Crippen LogP contribution >= 0.6 is 23.2 Å². The molecule has 1 aromatic heterocycles. The van der Waals surface area contributed by atoms with Gasteiger partial charge in [0.25, 0.3) is 0 Å². The second kappa shape index (κ2) is 12.9. The molecule has 6 heteroatoms. The number of nitrogens with zero attached hydrogens (tertiary/aromatic N) is 3. The van der Waals surface area contributed by atoms with Crippen molar-refractivity contribution in [3.05, 3.63) is 46.5 Å². The van der Waals surface area contributed by atoms with Crippen LogP contribution in [0.15, 0.2) is 30.3 Å². The molecule has 4 nitrogen and oxygen atoms in total. The fourth-order valence-corrected chi connectivity index (χ4v) is 3.69. The Morgan fingerprint density at radius 3 is 2.15 bits per heavy atom. The van der Waals surface area contributed by atoms with Gasteiger partial charge in [-0.15, -0.1) is 0 Å². The Morgan fingerprint density at radius 2 is 1.44 bits per heavy atom. The van der Waals surface area contributed by atoms with Crippen LogP contribution in [0.4, 0.5) is 5.95 Å². The van der Waals surface area contributed by atoms with Crippen molar-refractivity contribution in [2.45, 2.75) is 70.6 Å². The van der Waals surface area contributed by atoms with E-state index < -0.39 is 0 Å². The van der Waals surface area contributed by atoms with Crippen LogP contribution in [0.2, 0.25) is 10.6 Å². The minimum absolute atomic E-state index is 0.114. The standard InChI is InChI=1S/C21H30Cl2N4/c1-2-3-4-5-6-8-12-18(17-13-9-7-10-14-17)15-11-16-24-21-26-19(22)25-20(23)27-21/h7,9-10,13-14,18H,2-6,8,11-12,15-16H2,1H3,(H,24,25,26,27). The van der Waals surface area contributed by atoms with E-state index in [4.69, 9.17) is 23.2 Å². The zero-order chi connectivity index (χ0) is 19.3. The minimum Gasteiger partial charge on any atom is -0.354 e. The first-order valence-electron chi connectivity index (χ1n) is 10.0. The average Bonchev–Trinajstić information content (AvgIpc) is 2.66. The number of halogens is 2. The molecule has 1 aromatic carbocycles. The average molecular weight is 409 g/mol. The van der Waals surface area contributed by atoms with E-state index in [1.165, 1.54) is 50.5 Å². The summed E-state index contributed by atoms with van der Waals surface area (Å²) in [4.78, 5) is 11.8. The van der Waals surface area contributed by atoms with Gasteiger partial charge in [0.2, 0.25) is 16.5 Å². The van der Waals surface area contributed by atoms with Gasteiger partial charge in [-0.1, -0.05) is 75.8 Å². The van der Waals surface area contributed by atoms with Crippen LogP contribution < -0.4 is 5.32 Å². The highest BCUT2D eigenvalue weighted by molar-refractivity contribution is 6.31. The van der Waals surface area contributed by atoms with Crippen LogP contribution in [0.5, 0.6) is 0 Å². The van der Waals surface area contributed by atoms with E-state index in [9.17, 15) is 0 Å². The number of hydrogen-bond acceptors (Lipinski definition) is 4. The van der Waals surface area contributed by atoms with Gasteiger partial charge in [-0.2, -0.15) is 15.0 Å². The Balaban J connectivity index is 1.77. The number of nitrogens with one attached hydrogen (secondary N) is 1. The molecule has 0 radical (unpaired) electrons. The molecule has 0 aliphatic heterocycles. The van der Waals surface area contributed by atoms with Crippen molar-refractivity contribution in [2.75, 3.05) is 11.9 Å². The second-order valence-corrected chi connectivity index (χ2v) is 7.61. The Morgan fingerprint density at radius 1 is 0.815 bits per heavy atom. The van der Waals surface area contributed by atoms with Crippen LogP contribution in [0, 0.1) is 0 Å². The largest absolute Gasteiger partial charge is 0.354 e. The number of rotatable bonds is 13. The van der Waals surface area contributed by atoms with Gasteiger partial charge in [0, 0.05) is 6.54 Å². The highest BCUT2D eigenvalue weighted by Crippen LogP contribution is 2.27. The lowest BCUT2D eigenvalue weighted by molar-refractivity contribution is 0.508. The zero-order valence-corrected chi connectivity index (χ0v) is 17.6. The fourth-order valence-electron chi connectivity index (χ4n) is 3.33. The molecule has 0 saturated carbocycles. The molecule has 0 spiro atoms. The van der Waals surface area contributed by atoms with Crippen LogP contribution in [0.25, 0.3) is 0 Å². The summed E-state index contributed by atoms with van der Waals surface area (Å²) in [5, 5.41) is 3.42. The molecule has 0 fully saturated rings. The third-order valence-electron chi connectivity index (χ3n) is 4.77. The SMILES string of the molecule is CCCCCCCCC(CCCNc1nc(Cl)nc(Cl)n1)c1ccccc1. The molecule has 0 bridgehead atoms. The summed E-state index contributed by atoms with van der Waals surface area (Å²) in [7, 11) is 0. The lowest BCUT2D eigenvalue weighted by Crippen LogP contribution is -2.08. The van der Waals surface area contributed by atoms with Crippen molar-refractivity contribution < 1.29 is 0 Å². The number of anilines is 1. The van der Waals surface area contributed by atoms with E-state index >= 15 is 0 Å². The lowest BCUT2D eigenvalue weighted by atomic mass is 9.89. The van der Waals surface area contributed by atoms with E-state index in [1.54, 1.807) is 0 Å². The van der Waals surface area contributed by atoms with Crippen molar-refractivity contribution in [1.29, 1.82) is 0 Å². The summed E-state index contributed by atoms with van der Waals surface area (Å²) in [6.07, 6.45) is 11.5. The molecule has 1 N–H and O–H groups in total. The van der Waals surface area contributed by atoms with Gasteiger partial charge in [-0.05, 0) is 53.9 Å². The van der Waals surface area contributed by atoms with Crippen LogP contribution in [-0.2, 0) is 0 Å². The Labute approximate surface area is 173 Å². The predicted octanol–water partition coefficient (Wildman–Crippen LogP) is 6.90. The first-order valence-corrected chi connectivity index (χ1v) is 10.8. The van der Waals surface area contributed by atoms with E-state index in [-0.39, 0.29) is 10.6 Å². The Bertz CT molecular complexity index is 632. The number of benzene rings is 1. The topological polar surface area (TPSA) is 50.7 Å². The maximum atomic E-state index is 5.81. The maximum absolute atomic E-state index is 5.81. The second-order valence-electron chi connectivity index (χ2n) is 6.93. The van der Waals surface area contributed by atoms with Crippen LogP contribution in [0.3, 0.4) is 0 Å². The first-order chi connectivity index (χ1) is 13.2. The molecule has 148 valence electrons. The summed E-state index contributed by atoms with van der Waals surface area (Å²) in [6.45, 7) is 3.05. The maximum Gasteiger partial charge on any atom is 0.228 e. The summed E-state index contributed by atoms with van der Waals surface area (Å²) in [5.74, 6) is 1.04. The van der Waals surface area contributed by atoms with E-state index in [0.29, 0.717) is 11.9 Å². The van der Waals surface area contributed by atoms with Crippen molar-refractivity contribution in [1.82, 2.24) is 15.0 Å². The Kier molecular flexibility index (Phi) is 10.5. The Hall–Kier alpha value is -1.39. The normalized spacial score (nSPS) is 12.1. The van der Waals surface area contributed by atoms with Gasteiger partial charge < -0.3 is 5.32 Å². The van der Waals surface area contributed by atoms with Gasteiger partial charge in [0.15, 0.2) is 0 Å². The number of aromatic nitrogens is 3. The molecule has 27 heavy (non-hydrogen) atoms. The third-order valence-corrected chi connectivity index (χ3v) is 5.11. The number of hydrogen-bond donors (Lipinski definition) is 1. The van der Waals surface area contributed by atoms with Gasteiger partial charge in [-0.25, -0.2) is 0 Å². The predicted molar refractivity (Wildman–Crippen MR) is 115 cm³/mol. The monoisotopic (exact) mass is 408 g/mol. The van der Waals surface area contributed by atoms with Crippen LogP contribution in [0.1, 0.15) is 76.2 Å². The molecule has 0 aliphatic carbocycles. The summed E-state index contributed by atoms with van der Waals surface area (Å²) in [6, 6.07) is 10.9. The van der Waals surface area contributed by atoms with Crippen molar-refractivity contribution >= 4 is 29.2 Å². The van der Waals surface area contributed by atoms with Gasteiger partial charge >= 0.3 is 0 Å².